The average molecular weight is 376 g/mol. The van der Waals surface area contributed by atoms with Crippen LogP contribution in [0.5, 0.6) is 0 Å². The largest absolute Gasteiger partial charge is 0.398 e. The standard InChI is InChI=1S/C22H20N2O2S/c1-27(25,26)24-22-14-17-8-3-2-7-16(17)12-18(22)13-20-19-9-5-4-6-15(19)10-11-21(20)23/h2-12,14,24H,13,23H2,1H3. The summed E-state index contributed by atoms with van der Waals surface area (Å²) in [5.74, 6) is 0. The molecule has 0 saturated heterocycles. The zero-order valence-electron chi connectivity index (χ0n) is 14.9. The van der Waals surface area contributed by atoms with E-state index in [1.807, 2.05) is 72.8 Å². The van der Waals surface area contributed by atoms with Crippen LogP contribution in [0.2, 0.25) is 0 Å². The van der Waals surface area contributed by atoms with Crippen molar-refractivity contribution in [1.82, 2.24) is 0 Å². The molecule has 0 atom stereocenters. The minimum absolute atomic E-state index is 0.538. The number of nitrogen functional groups attached to an aromatic ring is 1. The number of anilines is 2. The van der Waals surface area contributed by atoms with Gasteiger partial charge in [-0.3, -0.25) is 4.72 Å². The van der Waals surface area contributed by atoms with Crippen molar-refractivity contribution >= 4 is 42.9 Å². The SMILES string of the molecule is CS(=O)(=O)Nc1cc2ccccc2cc1Cc1c(N)ccc2ccccc12. The molecule has 0 aliphatic rings. The lowest BCUT2D eigenvalue weighted by Gasteiger charge is -2.15. The highest BCUT2D eigenvalue weighted by molar-refractivity contribution is 7.92. The first-order valence-corrected chi connectivity index (χ1v) is 10.6. The normalized spacial score (nSPS) is 11.7. The molecule has 4 aromatic rings. The maximum atomic E-state index is 11.9. The quantitative estimate of drug-likeness (QED) is 0.514. The van der Waals surface area contributed by atoms with Crippen LogP contribution in [0, 0.1) is 0 Å². The summed E-state index contributed by atoms with van der Waals surface area (Å²) in [6, 6.07) is 23.8. The van der Waals surface area contributed by atoms with E-state index in [1.54, 1.807) is 0 Å². The first-order valence-electron chi connectivity index (χ1n) is 8.66. The lowest BCUT2D eigenvalue weighted by molar-refractivity contribution is 0.607. The molecular weight excluding hydrogens is 356 g/mol. The van der Waals surface area contributed by atoms with Gasteiger partial charge in [-0.05, 0) is 50.9 Å². The molecule has 0 aliphatic heterocycles. The molecule has 0 heterocycles. The van der Waals surface area contributed by atoms with Crippen molar-refractivity contribution in [3.8, 4) is 0 Å². The fourth-order valence-corrected chi connectivity index (χ4v) is 4.06. The van der Waals surface area contributed by atoms with Gasteiger partial charge in [0.05, 0.1) is 11.9 Å². The number of fused-ring (bicyclic) bond motifs is 2. The molecule has 0 radical (unpaired) electrons. The predicted octanol–water partition coefficient (Wildman–Crippen LogP) is 4.54. The Bertz CT molecular complexity index is 1260. The first kappa shape index (κ1) is 17.4. The minimum Gasteiger partial charge on any atom is -0.398 e. The van der Waals surface area contributed by atoms with Crippen molar-refractivity contribution in [1.29, 1.82) is 0 Å². The summed E-state index contributed by atoms with van der Waals surface area (Å²) in [6.07, 6.45) is 1.70. The molecule has 0 aliphatic carbocycles. The Morgan fingerprint density at radius 2 is 1.48 bits per heavy atom. The van der Waals surface area contributed by atoms with Crippen molar-refractivity contribution in [2.24, 2.45) is 0 Å². The summed E-state index contributed by atoms with van der Waals surface area (Å²) < 4.78 is 26.4. The highest BCUT2D eigenvalue weighted by Gasteiger charge is 2.13. The smallest absolute Gasteiger partial charge is 0.229 e. The summed E-state index contributed by atoms with van der Waals surface area (Å²) >= 11 is 0. The third-order valence-electron chi connectivity index (χ3n) is 4.71. The van der Waals surface area contributed by atoms with Gasteiger partial charge >= 0.3 is 0 Å². The molecular formula is C22H20N2O2S. The lowest BCUT2D eigenvalue weighted by atomic mass is 9.94. The fraction of sp³-hybridized carbons (Fsp3) is 0.0909. The van der Waals surface area contributed by atoms with Crippen molar-refractivity contribution in [2.45, 2.75) is 6.42 Å². The molecule has 5 heteroatoms. The van der Waals surface area contributed by atoms with E-state index in [1.165, 1.54) is 0 Å². The van der Waals surface area contributed by atoms with Gasteiger partial charge in [-0.1, -0.05) is 54.6 Å². The molecule has 0 unspecified atom stereocenters. The van der Waals surface area contributed by atoms with E-state index in [4.69, 9.17) is 5.73 Å². The molecule has 136 valence electrons. The summed E-state index contributed by atoms with van der Waals surface area (Å²) in [6.45, 7) is 0. The number of hydrogen-bond acceptors (Lipinski definition) is 3. The van der Waals surface area contributed by atoms with Crippen molar-refractivity contribution in [3.05, 3.63) is 83.9 Å². The van der Waals surface area contributed by atoms with E-state index in [2.05, 4.69) is 4.72 Å². The number of nitrogens with two attached hydrogens (primary N) is 1. The Morgan fingerprint density at radius 1 is 0.852 bits per heavy atom. The van der Waals surface area contributed by atoms with Gasteiger partial charge in [-0.2, -0.15) is 0 Å². The van der Waals surface area contributed by atoms with E-state index in [9.17, 15) is 8.42 Å². The van der Waals surface area contributed by atoms with Crippen LogP contribution in [0.3, 0.4) is 0 Å². The Morgan fingerprint density at radius 3 is 2.19 bits per heavy atom. The van der Waals surface area contributed by atoms with Gasteiger partial charge in [0.1, 0.15) is 0 Å². The van der Waals surface area contributed by atoms with Gasteiger partial charge in [0.2, 0.25) is 10.0 Å². The topological polar surface area (TPSA) is 72.2 Å². The van der Waals surface area contributed by atoms with E-state index >= 15 is 0 Å². The zero-order chi connectivity index (χ0) is 19.0. The van der Waals surface area contributed by atoms with Gasteiger partial charge < -0.3 is 5.73 Å². The van der Waals surface area contributed by atoms with Crippen molar-refractivity contribution < 1.29 is 8.42 Å². The number of rotatable bonds is 4. The van der Waals surface area contributed by atoms with Crippen LogP contribution in [0.4, 0.5) is 11.4 Å². The van der Waals surface area contributed by atoms with Crippen LogP contribution in [0.1, 0.15) is 11.1 Å². The second-order valence-electron chi connectivity index (χ2n) is 6.76. The molecule has 0 bridgehead atoms. The minimum atomic E-state index is -3.39. The first-order chi connectivity index (χ1) is 12.9. The van der Waals surface area contributed by atoms with Gasteiger partial charge in [0, 0.05) is 12.1 Å². The summed E-state index contributed by atoms with van der Waals surface area (Å²) in [5.41, 5.74) is 9.46. The molecule has 0 saturated carbocycles. The van der Waals surface area contributed by atoms with E-state index < -0.39 is 10.0 Å². The van der Waals surface area contributed by atoms with E-state index in [0.717, 1.165) is 38.9 Å². The van der Waals surface area contributed by atoms with E-state index in [0.29, 0.717) is 17.8 Å². The highest BCUT2D eigenvalue weighted by Crippen LogP contribution is 2.31. The molecule has 0 spiro atoms. The number of hydrogen-bond donors (Lipinski definition) is 2. The molecule has 27 heavy (non-hydrogen) atoms. The summed E-state index contributed by atoms with van der Waals surface area (Å²) in [7, 11) is -3.39. The Labute approximate surface area is 158 Å². The van der Waals surface area contributed by atoms with Crippen LogP contribution >= 0.6 is 0 Å². The second-order valence-corrected chi connectivity index (χ2v) is 8.51. The number of benzene rings is 4. The van der Waals surface area contributed by atoms with Crippen LogP contribution in [0.15, 0.2) is 72.8 Å². The monoisotopic (exact) mass is 376 g/mol. The number of nitrogens with one attached hydrogen (secondary N) is 1. The zero-order valence-corrected chi connectivity index (χ0v) is 15.8. The third-order valence-corrected chi connectivity index (χ3v) is 5.30. The van der Waals surface area contributed by atoms with Crippen LogP contribution < -0.4 is 10.5 Å². The Hall–Kier alpha value is -3.05. The van der Waals surface area contributed by atoms with Crippen molar-refractivity contribution in [3.63, 3.8) is 0 Å². The summed E-state index contributed by atoms with van der Waals surface area (Å²) in [4.78, 5) is 0. The van der Waals surface area contributed by atoms with Gasteiger partial charge in [0.15, 0.2) is 0 Å². The third kappa shape index (κ3) is 3.59. The molecule has 4 rings (SSSR count). The number of sulfonamides is 1. The summed E-state index contributed by atoms with van der Waals surface area (Å²) in [5, 5.41) is 4.24. The lowest BCUT2D eigenvalue weighted by Crippen LogP contribution is -2.12. The predicted molar refractivity (Wildman–Crippen MR) is 114 cm³/mol. The van der Waals surface area contributed by atoms with Crippen molar-refractivity contribution in [2.75, 3.05) is 16.7 Å². The molecule has 3 N–H and O–H groups in total. The van der Waals surface area contributed by atoms with Crippen LogP contribution in [-0.2, 0) is 16.4 Å². The van der Waals surface area contributed by atoms with Crippen LogP contribution in [-0.4, -0.2) is 14.7 Å². The molecule has 0 aromatic heterocycles. The van der Waals surface area contributed by atoms with Gasteiger partial charge in [-0.15, -0.1) is 0 Å². The Balaban J connectivity index is 1.91. The molecule has 0 amide bonds. The molecule has 4 aromatic carbocycles. The maximum Gasteiger partial charge on any atom is 0.229 e. The fourth-order valence-electron chi connectivity index (χ4n) is 3.47. The second kappa shape index (κ2) is 6.59. The van der Waals surface area contributed by atoms with Gasteiger partial charge in [-0.25, -0.2) is 8.42 Å². The average Bonchev–Trinajstić information content (AvgIpc) is 2.63. The molecule has 0 fully saturated rings. The highest BCUT2D eigenvalue weighted by atomic mass is 32.2. The maximum absolute atomic E-state index is 11.9. The van der Waals surface area contributed by atoms with Gasteiger partial charge in [0.25, 0.3) is 0 Å². The Kier molecular flexibility index (Phi) is 4.24. The van der Waals surface area contributed by atoms with Crippen LogP contribution in [0.25, 0.3) is 21.5 Å². The van der Waals surface area contributed by atoms with E-state index in [-0.39, 0.29) is 0 Å². The molecule has 4 nitrogen and oxygen atoms in total.